The Hall–Kier alpha value is -1.02. The summed E-state index contributed by atoms with van der Waals surface area (Å²) in [5, 5.41) is 8.94. The largest absolute Gasteiger partial charge is 0.340 e. The molecule has 0 spiro atoms. The summed E-state index contributed by atoms with van der Waals surface area (Å²) in [6.07, 6.45) is 2.25. The molecule has 1 rings (SSSR count). The van der Waals surface area contributed by atoms with E-state index in [9.17, 15) is 0 Å². The van der Waals surface area contributed by atoms with Crippen molar-refractivity contribution in [2.24, 2.45) is 0 Å². The summed E-state index contributed by atoms with van der Waals surface area (Å²) >= 11 is 0. The molecule has 0 aliphatic rings. The molecule has 2 heteroatoms. The molecular weight excluding hydrogens is 200 g/mol. The van der Waals surface area contributed by atoms with Gasteiger partial charge in [0.05, 0.1) is 0 Å². The van der Waals surface area contributed by atoms with Crippen LogP contribution >= 0.6 is 0 Å². The molecule has 0 saturated carbocycles. The maximum Gasteiger partial charge on any atom is 0.168 e. The first-order valence-electron chi connectivity index (χ1n) is 6.06. The summed E-state index contributed by atoms with van der Waals surface area (Å²) in [4.78, 5) is 4.50. The second-order valence-corrected chi connectivity index (χ2v) is 4.69. The number of hydrogen-bond donors (Lipinski definition) is 1. The predicted octanol–water partition coefficient (Wildman–Crippen LogP) is 4.57. The van der Waals surface area contributed by atoms with Crippen LogP contribution in [-0.2, 0) is 0 Å². The van der Waals surface area contributed by atoms with E-state index in [-0.39, 0.29) is 0 Å². The molecule has 0 bridgehead atoms. The highest BCUT2D eigenvalue weighted by Gasteiger charge is 2.17. The molecule has 0 aliphatic carbocycles. The fourth-order valence-electron chi connectivity index (χ4n) is 2.25. The van der Waals surface area contributed by atoms with Gasteiger partial charge in [0, 0.05) is 5.56 Å². The Bertz CT molecular complexity index is 332. The molecule has 0 aliphatic heterocycles. The standard InChI is InChI=1S/C14H22O2/c1-5-7-11(4)14-12(10(2)3)8-6-9-13(14)16-15/h6,8-11,15H,5,7H2,1-4H3. The van der Waals surface area contributed by atoms with E-state index in [4.69, 9.17) is 5.26 Å². The lowest BCUT2D eigenvalue weighted by Crippen LogP contribution is -2.04. The first kappa shape index (κ1) is 13.0. The van der Waals surface area contributed by atoms with Gasteiger partial charge in [-0.1, -0.05) is 46.2 Å². The Labute approximate surface area is 98.2 Å². The molecule has 0 heterocycles. The van der Waals surface area contributed by atoms with Crippen molar-refractivity contribution in [3.63, 3.8) is 0 Å². The van der Waals surface area contributed by atoms with Gasteiger partial charge in [-0.3, -0.25) is 0 Å². The van der Waals surface area contributed by atoms with Crippen molar-refractivity contribution >= 4 is 0 Å². The highest BCUT2D eigenvalue weighted by Crippen LogP contribution is 2.35. The molecule has 0 aromatic heterocycles. The van der Waals surface area contributed by atoms with Crippen molar-refractivity contribution in [3.8, 4) is 5.75 Å². The molecule has 1 unspecified atom stereocenters. The fourth-order valence-corrected chi connectivity index (χ4v) is 2.25. The molecule has 1 atom stereocenters. The third-order valence-electron chi connectivity index (χ3n) is 3.03. The molecular formula is C14H22O2. The summed E-state index contributed by atoms with van der Waals surface area (Å²) in [6.45, 7) is 8.69. The number of rotatable bonds is 5. The van der Waals surface area contributed by atoms with Crippen LogP contribution in [-0.4, -0.2) is 5.26 Å². The zero-order valence-electron chi connectivity index (χ0n) is 10.7. The van der Waals surface area contributed by atoms with Gasteiger partial charge in [-0.25, -0.2) is 5.26 Å². The molecule has 90 valence electrons. The Balaban J connectivity index is 3.18. The molecule has 16 heavy (non-hydrogen) atoms. The highest BCUT2D eigenvalue weighted by molar-refractivity contribution is 5.43. The predicted molar refractivity (Wildman–Crippen MR) is 67.1 cm³/mol. The molecule has 1 N–H and O–H groups in total. The highest BCUT2D eigenvalue weighted by atomic mass is 17.1. The van der Waals surface area contributed by atoms with Crippen molar-refractivity contribution in [1.82, 2.24) is 0 Å². The van der Waals surface area contributed by atoms with E-state index >= 15 is 0 Å². The van der Waals surface area contributed by atoms with E-state index in [0.29, 0.717) is 17.6 Å². The van der Waals surface area contributed by atoms with Crippen molar-refractivity contribution in [3.05, 3.63) is 29.3 Å². The van der Waals surface area contributed by atoms with Crippen LogP contribution in [0.15, 0.2) is 18.2 Å². The maximum atomic E-state index is 8.94. The first-order chi connectivity index (χ1) is 7.61. The lowest BCUT2D eigenvalue weighted by atomic mass is 9.87. The maximum absolute atomic E-state index is 8.94. The molecule has 1 aromatic rings. The molecule has 0 saturated heterocycles. The van der Waals surface area contributed by atoms with E-state index in [1.165, 1.54) is 5.56 Å². The third-order valence-corrected chi connectivity index (χ3v) is 3.03. The van der Waals surface area contributed by atoms with Crippen molar-refractivity contribution in [2.45, 2.75) is 52.4 Å². The van der Waals surface area contributed by atoms with E-state index in [1.54, 1.807) is 0 Å². The van der Waals surface area contributed by atoms with Gasteiger partial charge >= 0.3 is 0 Å². The molecule has 0 radical (unpaired) electrons. The van der Waals surface area contributed by atoms with Gasteiger partial charge in [0.25, 0.3) is 0 Å². The van der Waals surface area contributed by atoms with Gasteiger partial charge in [-0.05, 0) is 29.9 Å². The van der Waals surface area contributed by atoms with E-state index in [1.807, 2.05) is 12.1 Å². The lowest BCUT2D eigenvalue weighted by Gasteiger charge is -2.20. The Kier molecular flexibility index (Phi) is 4.81. The van der Waals surface area contributed by atoms with Crippen molar-refractivity contribution in [2.75, 3.05) is 0 Å². The van der Waals surface area contributed by atoms with Crippen LogP contribution in [0, 0.1) is 0 Å². The van der Waals surface area contributed by atoms with Gasteiger partial charge in [0.15, 0.2) is 5.75 Å². The third kappa shape index (κ3) is 2.76. The monoisotopic (exact) mass is 222 g/mol. The van der Waals surface area contributed by atoms with E-state index in [2.05, 4.69) is 38.6 Å². The molecule has 0 fully saturated rings. The zero-order valence-corrected chi connectivity index (χ0v) is 10.7. The van der Waals surface area contributed by atoms with Gasteiger partial charge in [0.1, 0.15) is 0 Å². The smallest absolute Gasteiger partial charge is 0.168 e. The Morgan fingerprint density at radius 1 is 1.25 bits per heavy atom. The van der Waals surface area contributed by atoms with Crippen LogP contribution < -0.4 is 4.89 Å². The molecule has 0 amide bonds. The minimum atomic E-state index is 0.422. The van der Waals surface area contributed by atoms with Crippen LogP contribution in [0.4, 0.5) is 0 Å². The summed E-state index contributed by atoms with van der Waals surface area (Å²) in [7, 11) is 0. The summed E-state index contributed by atoms with van der Waals surface area (Å²) in [5.41, 5.74) is 2.43. The molecule has 1 aromatic carbocycles. The minimum Gasteiger partial charge on any atom is -0.340 e. The van der Waals surface area contributed by atoms with Gasteiger partial charge < -0.3 is 4.89 Å². The summed E-state index contributed by atoms with van der Waals surface area (Å²) in [5.74, 6) is 1.47. The summed E-state index contributed by atoms with van der Waals surface area (Å²) in [6, 6.07) is 5.88. The Morgan fingerprint density at radius 3 is 2.44 bits per heavy atom. The fraction of sp³-hybridized carbons (Fsp3) is 0.571. The molecule has 2 nitrogen and oxygen atoms in total. The topological polar surface area (TPSA) is 29.5 Å². The van der Waals surface area contributed by atoms with E-state index < -0.39 is 0 Å². The average molecular weight is 222 g/mol. The second-order valence-electron chi connectivity index (χ2n) is 4.69. The van der Waals surface area contributed by atoms with Gasteiger partial charge in [-0.15, -0.1) is 0 Å². The number of hydrogen-bond acceptors (Lipinski definition) is 2. The van der Waals surface area contributed by atoms with Gasteiger partial charge in [0.2, 0.25) is 0 Å². The van der Waals surface area contributed by atoms with E-state index in [0.717, 1.165) is 18.4 Å². The van der Waals surface area contributed by atoms with Crippen LogP contribution in [0.3, 0.4) is 0 Å². The van der Waals surface area contributed by atoms with Crippen molar-refractivity contribution in [1.29, 1.82) is 0 Å². The zero-order chi connectivity index (χ0) is 12.1. The minimum absolute atomic E-state index is 0.422. The normalized spacial score (nSPS) is 12.9. The van der Waals surface area contributed by atoms with Crippen molar-refractivity contribution < 1.29 is 10.1 Å². The quantitative estimate of drug-likeness (QED) is 0.584. The van der Waals surface area contributed by atoms with Gasteiger partial charge in [-0.2, -0.15) is 0 Å². The van der Waals surface area contributed by atoms with Crippen LogP contribution in [0.25, 0.3) is 0 Å². The second kappa shape index (κ2) is 5.90. The lowest BCUT2D eigenvalue weighted by molar-refractivity contribution is -0.138. The first-order valence-corrected chi connectivity index (χ1v) is 6.06. The van der Waals surface area contributed by atoms with Crippen LogP contribution in [0.2, 0.25) is 0 Å². The average Bonchev–Trinajstić information content (AvgIpc) is 2.28. The SMILES string of the molecule is CCCC(C)c1c(OO)cccc1C(C)C. The number of benzene rings is 1. The van der Waals surface area contributed by atoms with Crippen LogP contribution in [0.5, 0.6) is 5.75 Å². The summed E-state index contributed by atoms with van der Waals surface area (Å²) < 4.78 is 0. The Morgan fingerprint density at radius 2 is 1.94 bits per heavy atom. The van der Waals surface area contributed by atoms with Crippen LogP contribution in [0.1, 0.15) is 63.5 Å².